The maximum Gasteiger partial charge on any atom is 0.294 e. The van der Waals surface area contributed by atoms with E-state index >= 15 is 0 Å². The molecule has 0 bridgehead atoms. The van der Waals surface area contributed by atoms with Gasteiger partial charge in [-0.05, 0) is 5.56 Å². The molecule has 16 heteroatoms. The number of amides is 1. The van der Waals surface area contributed by atoms with E-state index in [2.05, 4.69) is 10.3 Å². The van der Waals surface area contributed by atoms with Gasteiger partial charge in [-0.2, -0.15) is 0 Å². The molecule has 1 heterocycles. The lowest BCUT2D eigenvalue weighted by Crippen LogP contribution is -2.41. The van der Waals surface area contributed by atoms with Crippen LogP contribution in [0.5, 0.6) is 28.1 Å². The zero-order valence-corrected chi connectivity index (χ0v) is 20.5. The van der Waals surface area contributed by atoms with Crippen molar-refractivity contribution in [2.24, 2.45) is 0 Å². The minimum absolute atomic E-state index is 0.0417. The molecule has 38 heavy (non-hydrogen) atoms. The second-order valence-corrected chi connectivity index (χ2v) is 9.07. The Balaban J connectivity index is 1.84. The van der Waals surface area contributed by atoms with Crippen LogP contribution >= 0.6 is 11.3 Å². The number of hydrogen-bond donors (Lipinski definition) is 12. The summed E-state index contributed by atoms with van der Waals surface area (Å²) in [6, 6.07) is 8.91. The van der Waals surface area contributed by atoms with E-state index < -0.39 is 75.1 Å². The Morgan fingerprint density at radius 1 is 1.03 bits per heavy atom. The second kappa shape index (κ2) is 10.8. The number of aliphatic hydroxyl groups is 4. The van der Waals surface area contributed by atoms with E-state index in [1.54, 1.807) is 35.6 Å². The summed E-state index contributed by atoms with van der Waals surface area (Å²) in [6.07, 6.45) is -0.515. The zero-order chi connectivity index (χ0) is 28.4. The highest BCUT2D eigenvalue weighted by molar-refractivity contribution is 7.17. The van der Waals surface area contributed by atoms with Gasteiger partial charge in [-0.3, -0.25) is 4.79 Å². The molecule has 1 aromatic heterocycles. The molecule has 0 saturated carbocycles. The lowest BCUT2D eigenvalue weighted by molar-refractivity contribution is -0.185. The number of nitrogens with one attached hydrogen (secondary N) is 2. The molecule has 0 aliphatic carbocycles. The summed E-state index contributed by atoms with van der Waals surface area (Å²) in [5.74, 6) is -13.9. The molecule has 0 fully saturated rings. The molecule has 0 aliphatic heterocycles. The van der Waals surface area contributed by atoms with Crippen LogP contribution in [0.2, 0.25) is 0 Å². The third kappa shape index (κ3) is 5.50. The average Bonchev–Trinajstić information content (AvgIpc) is 3.22. The first kappa shape index (κ1) is 28.7. The van der Waals surface area contributed by atoms with Crippen molar-refractivity contribution in [3.8, 4) is 28.1 Å². The first-order valence-electron chi connectivity index (χ1n) is 10.7. The molecule has 13 N–H and O–H groups in total. The zero-order valence-electron chi connectivity index (χ0n) is 19.7. The number of anilines is 2. The number of carbonyl (C=O) groups excluding carboxylic acids is 1. The molecular weight excluding hydrogens is 528 g/mol. The fourth-order valence-electron chi connectivity index (χ4n) is 3.53. The molecular formula is C22H26N4O11S. The number of phenolic OH excluding ortho intramolecular Hbond substituents is 4. The van der Waals surface area contributed by atoms with Gasteiger partial charge in [-0.1, -0.05) is 41.7 Å². The van der Waals surface area contributed by atoms with Gasteiger partial charge in [0.05, 0.1) is 12.6 Å². The number of ether oxygens (including phenoxy) is 1. The van der Waals surface area contributed by atoms with E-state index in [1.165, 1.54) is 7.11 Å². The molecule has 1 amide bonds. The topological polar surface area (TPSA) is 271 Å². The molecule has 0 aliphatic rings. The van der Waals surface area contributed by atoms with Crippen molar-refractivity contribution in [1.29, 1.82) is 0 Å². The molecule has 3 aromatic rings. The molecule has 2 aromatic carbocycles. The Kier molecular flexibility index (Phi) is 8.18. The van der Waals surface area contributed by atoms with Gasteiger partial charge >= 0.3 is 0 Å². The van der Waals surface area contributed by atoms with Gasteiger partial charge in [0.25, 0.3) is 11.7 Å². The normalized spacial score (nSPS) is 12.9. The number of nitrogen functional groups attached to an aromatic ring is 1. The maximum atomic E-state index is 12.5. The largest absolute Gasteiger partial charge is 0.504 e. The van der Waals surface area contributed by atoms with Crippen molar-refractivity contribution in [3.05, 3.63) is 47.2 Å². The van der Waals surface area contributed by atoms with Gasteiger partial charge in [-0.15, -0.1) is 0 Å². The summed E-state index contributed by atoms with van der Waals surface area (Å²) in [6.45, 7) is -0.702. The van der Waals surface area contributed by atoms with Crippen LogP contribution in [0.3, 0.4) is 0 Å². The Morgan fingerprint density at radius 3 is 2.11 bits per heavy atom. The number of phenols is 4. The van der Waals surface area contributed by atoms with Crippen molar-refractivity contribution in [1.82, 2.24) is 10.3 Å². The average molecular weight is 555 g/mol. The quantitative estimate of drug-likeness (QED) is 0.0826. The second-order valence-electron chi connectivity index (χ2n) is 8.06. The molecule has 3 rings (SSSR count). The summed E-state index contributed by atoms with van der Waals surface area (Å²) in [5, 5.41) is 95.7. The highest BCUT2D eigenvalue weighted by atomic mass is 32.1. The monoisotopic (exact) mass is 554 g/mol. The number of methoxy groups -OCH3 is 1. The predicted octanol–water partition coefficient (Wildman–Crippen LogP) is -0.856. The van der Waals surface area contributed by atoms with Crippen LogP contribution in [0.15, 0.2) is 30.3 Å². The van der Waals surface area contributed by atoms with E-state index in [0.717, 1.165) is 5.56 Å². The number of aromatic nitrogens is 1. The fraction of sp³-hybridized carbons (Fsp3) is 0.273. The third-order valence-corrected chi connectivity index (χ3v) is 6.15. The van der Waals surface area contributed by atoms with Crippen molar-refractivity contribution in [2.45, 2.75) is 17.7 Å². The minimum atomic E-state index is -3.54. The lowest BCUT2D eigenvalue weighted by Gasteiger charge is -2.27. The highest BCUT2D eigenvalue weighted by Crippen LogP contribution is 2.53. The van der Waals surface area contributed by atoms with Crippen LogP contribution in [-0.2, 0) is 21.1 Å². The van der Waals surface area contributed by atoms with Gasteiger partial charge in [0.1, 0.15) is 11.3 Å². The number of hydrogen-bond acceptors (Lipinski definition) is 15. The fourth-order valence-corrected chi connectivity index (χ4v) is 4.15. The number of thiazole rings is 1. The SMILES string of the molecule is COC(CNCC(O)(O)c1c(O)c(O)c(NC(=O)C(O)(O)c2nc(N)sc2O)c(O)c1O)c1ccccc1. The molecule has 0 saturated heterocycles. The van der Waals surface area contributed by atoms with Crippen LogP contribution in [0, 0.1) is 0 Å². The van der Waals surface area contributed by atoms with Crippen LogP contribution in [0.25, 0.3) is 0 Å². The van der Waals surface area contributed by atoms with Crippen LogP contribution in [0.1, 0.15) is 22.9 Å². The van der Waals surface area contributed by atoms with E-state index in [0.29, 0.717) is 11.3 Å². The summed E-state index contributed by atoms with van der Waals surface area (Å²) in [4.78, 5) is 15.9. The Morgan fingerprint density at radius 2 is 1.61 bits per heavy atom. The minimum Gasteiger partial charge on any atom is -0.504 e. The first-order chi connectivity index (χ1) is 17.7. The molecule has 0 radical (unpaired) electrons. The number of benzene rings is 2. The summed E-state index contributed by atoms with van der Waals surface area (Å²) < 4.78 is 5.35. The summed E-state index contributed by atoms with van der Waals surface area (Å²) in [5.41, 5.74) is 2.89. The molecule has 1 atom stereocenters. The van der Waals surface area contributed by atoms with Gasteiger partial charge in [0.2, 0.25) is 10.9 Å². The van der Waals surface area contributed by atoms with Crippen molar-refractivity contribution in [2.75, 3.05) is 31.2 Å². The number of nitrogens with zero attached hydrogens (tertiary/aromatic N) is 1. The van der Waals surface area contributed by atoms with Crippen LogP contribution in [0.4, 0.5) is 10.8 Å². The first-order valence-corrected chi connectivity index (χ1v) is 11.5. The molecule has 15 nitrogen and oxygen atoms in total. The standard InChI is InChI=1S/C22H26N4O11S/c1-37-10(9-5-3-2-4-6-9)7-24-8-21(33,34)11-13(27)15(29)12(16(30)14(11)28)25-19(32)22(35,36)17-18(31)38-20(23)26-17/h2-6,10,24,27-31,33-36H,7-8H2,1H3,(H2,23,26)(H,25,32). The van der Waals surface area contributed by atoms with E-state index in [-0.39, 0.29) is 11.7 Å². The number of carbonyl (C=O) groups is 1. The van der Waals surface area contributed by atoms with Gasteiger partial charge in [-0.25, -0.2) is 4.98 Å². The molecule has 206 valence electrons. The summed E-state index contributed by atoms with van der Waals surface area (Å²) >= 11 is 0.418. The summed E-state index contributed by atoms with van der Waals surface area (Å²) in [7, 11) is 1.43. The Labute approximate surface area is 218 Å². The Hall–Kier alpha value is -3.90. The van der Waals surface area contributed by atoms with E-state index in [9.17, 15) is 50.8 Å². The maximum absolute atomic E-state index is 12.5. The highest BCUT2D eigenvalue weighted by Gasteiger charge is 2.43. The number of nitrogens with two attached hydrogens (primary N) is 1. The Bertz CT molecular complexity index is 1290. The third-order valence-electron chi connectivity index (χ3n) is 5.46. The van der Waals surface area contributed by atoms with E-state index in [1.807, 2.05) is 0 Å². The van der Waals surface area contributed by atoms with Crippen molar-refractivity contribution >= 4 is 28.1 Å². The number of aromatic hydroxyl groups is 5. The van der Waals surface area contributed by atoms with Crippen LogP contribution < -0.4 is 16.4 Å². The van der Waals surface area contributed by atoms with Gasteiger partial charge < -0.3 is 67.1 Å². The molecule has 0 spiro atoms. The van der Waals surface area contributed by atoms with Crippen molar-refractivity contribution < 1.29 is 55.5 Å². The van der Waals surface area contributed by atoms with Gasteiger partial charge in [0, 0.05) is 13.7 Å². The van der Waals surface area contributed by atoms with Crippen LogP contribution in [-0.4, -0.2) is 77.0 Å². The predicted molar refractivity (Wildman–Crippen MR) is 131 cm³/mol. The lowest BCUT2D eigenvalue weighted by atomic mass is 10.00. The van der Waals surface area contributed by atoms with Gasteiger partial charge in [0.15, 0.2) is 33.8 Å². The van der Waals surface area contributed by atoms with Crippen molar-refractivity contribution in [3.63, 3.8) is 0 Å². The smallest absolute Gasteiger partial charge is 0.294 e. The number of rotatable bonds is 10. The van der Waals surface area contributed by atoms with E-state index in [4.69, 9.17) is 10.5 Å². The molecule has 1 unspecified atom stereocenters.